The van der Waals surface area contributed by atoms with Crippen LogP contribution in [0.3, 0.4) is 0 Å². The molecule has 9 nitrogen and oxygen atoms in total. The fourth-order valence-electron chi connectivity index (χ4n) is 4.95. The van der Waals surface area contributed by atoms with E-state index < -0.39 is 5.79 Å². The summed E-state index contributed by atoms with van der Waals surface area (Å²) in [5, 5.41) is 1.47. The van der Waals surface area contributed by atoms with Crippen LogP contribution in [0.25, 0.3) is 0 Å². The number of benzene rings is 2. The van der Waals surface area contributed by atoms with Crippen LogP contribution in [0.15, 0.2) is 61.2 Å². The van der Waals surface area contributed by atoms with E-state index >= 15 is 0 Å². The molecule has 1 aromatic heterocycles. The van der Waals surface area contributed by atoms with Crippen LogP contribution >= 0.6 is 35.4 Å². The first-order valence-corrected chi connectivity index (χ1v) is 14.4. The van der Waals surface area contributed by atoms with Gasteiger partial charge in [0.05, 0.1) is 24.5 Å². The molecule has 2 aromatic carbocycles. The van der Waals surface area contributed by atoms with E-state index in [-0.39, 0.29) is 6.10 Å². The molecule has 0 unspecified atom stereocenters. The summed E-state index contributed by atoms with van der Waals surface area (Å²) in [5.41, 5.74) is 7.59. The van der Waals surface area contributed by atoms with Gasteiger partial charge in [0.2, 0.25) is 5.79 Å². The number of piperazine rings is 1. The topological polar surface area (TPSA) is 81.2 Å². The standard InChI is InChI=1S/C28H34Cl2N6O3S/c1-33(27(31)40)10-11-34-12-14-36(15-13-34)22-3-5-23(6-4-22)37-17-24-18-38-28(39-24,19-35-9-8-32-20-35)25-7-2-21(29)16-26(25)30/h2-9,16,20,24H,10-15,17-19H2,1H3,(H2,31,40)/t24-,28-/m1/s1. The zero-order chi connectivity index (χ0) is 28.1. The summed E-state index contributed by atoms with van der Waals surface area (Å²) in [6, 6.07) is 13.5. The van der Waals surface area contributed by atoms with Gasteiger partial charge < -0.3 is 34.3 Å². The van der Waals surface area contributed by atoms with E-state index in [1.807, 2.05) is 40.9 Å². The number of aromatic nitrogens is 2. The number of halogens is 2. The number of ether oxygens (including phenoxy) is 3. The maximum Gasteiger partial charge on any atom is 0.215 e. The summed E-state index contributed by atoms with van der Waals surface area (Å²) in [4.78, 5) is 10.9. The molecule has 0 radical (unpaired) electrons. The maximum atomic E-state index is 6.57. The molecule has 5 rings (SSSR count). The zero-order valence-electron chi connectivity index (χ0n) is 22.4. The quantitative estimate of drug-likeness (QED) is 0.347. The number of imidazole rings is 1. The molecule has 3 heterocycles. The van der Waals surface area contributed by atoms with Gasteiger partial charge in [-0.3, -0.25) is 4.90 Å². The zero-order valence-corrected chi connectivity index (χ0v) is 24.7. The van der Waals surface area contributed by atoms with Gasteiger partial charge >= 0.3 is 0 Å². The molecule has 0 amide bonds. The highest BCUT2D eigenvalue weighted by molar-refractivity contribution is 7.80. The van der Waals surface area contributed by atoms with Crippen LogP contribution in [0, 0.1) is 0 Å². The minimum atomic E-state index is -1.08. The number of rotatable bonds is 10. The number of hydrogen-bond donors (Lipinski definition) is 1. The first kappa shape index (κ1) is 28.9. The van der Waals surface area contributed by atoms with E-state index in [0.717, 1.165) is 45.0 Å². The van der Waals surface area contributed by atoms with Crippen LogP contribution in [0.2, 0.25) is 10.0 Å². The van der Waals surface area contributed by atoms with Crippen molar-refractivity contribution in [3.8, 4) is 5.75 Å². The highest BCUT2D eigenvalue weighted by Crippen LogP contribution is 2.40. The van der Waals surface area contributed by atoms with E-state index in [4.69, 9.17) is 55.4 Å². The van der Waals surface area contributed by atoms with Crippen molar-refractivity contribution in [3.63, 3.8) is 0 Å². The van der Waals surface area contributed by atoms with Crippen molar-refractivity contribution in [1.82, 2.24) is 19.4 Å². The predicted molar refractivity (Wildman–Crippen MR) is 161 cm³/mol. The van der Waals surface area contributed by atoms with Crippen LogP contribution in [0.4, 0.5) is 5.69 Å². The van der Waals surface area contributed by atoms with E-state index in [1.54, 1.807) is 24.7 Å². The summed E-state index contributed by atoms with van der Waals surface area (Å²) < 4.78 is 20.8. The number of hydrogen-bond acceptors (Lipinski definition) is 7. The normalized spacial score (nSPS) is 21.5. The summed E-state index contributed by atoms with van der Waals surface area (Å²) in [5.74, 6) is -0.294. The third-order valence-corrected chi connectivity index (χ3v) is 8.15. The molecule has 3 aromatic rings. The smallest absolute Gasteiger partial charge is 0.215 e. The Morgan fingerprint density at radius 2 is 1.95 bits per heavy atom. The molecule has 214 valence electrons. The fraction of sp³-hybridized carbons (Fsp3) is 0.429. The fourth-order valence-corrected chi connectivity index (χ4v) is 5.59. The Labute approximate surface area is 250 Å². The number of likely N-dealkylation sites (N-methyl/N-ethyl adjacent to an activating group) is 1. The van der Waals surface area contributed by atoms with Crippen LogP contribution in [0.1, 0.15) is 5.56 Å². The second-order valence-electron chi connectivity index (χ2n) is 10.1. The number of anilines is 1. The number of thiocarbonyl (C=S) groups is 1. The number of nitrogens with zero attached hydrogens (tertiary/aromatic N) is 5. The Morgan fingerprint density at radius 3 is 2.62 bits per heavy atom. The van der Waals surface area contributed by atoms with Crippen molar-refractivity contribution < 1.29 is 14.2 Å². The highest BCUT2D eigenvalue weighted by Gasteiger charge is 2.45. The summed E-state index contributed by atoms with van der Waals surface area (Å²) in [6.07, 6.45) is 5.02. The van der Waals surface area contributed by atoms with E-state index in [9.17, 15) is 0 Å². The molecule has 2 fully saturated rings. The molecule has 0 spiro atoms. The van der Waals surface area contributed by atoms with Crippen LogP contribution in [-0.2, 0) is 21.8 Å². The molecule has 0 bridgehead atoms. The predicted octanol–water partition coefficient (Wildman–Crippen LogP) is 3.83. The lowest BCUT2D eigenvalue weighted by Crippen LogP contribution is -2.49. The van der Waals surface area contributed by atoms with Gasteiger partial charge in [-0.15, -0.1) is 0 Å². The van der Waals surface area contributed by atoms with Gasteiger partial charge in [-0.1, -0.05) is 29.3 Å². The molecule has 12 heteroatoms. The van der Waals surface area contributed by atoms with E-state index in [0.29, 0.717) is 40.5 Å². The first-order valence-electron chi connectivity index (χ1n) is 13.2. The van der Waals surface area contributed by atoms with Gasteiger partial charge in [0.1, 0.15) is 18.5 Å². The minimum Gasteiger partial charge on any atom is -0.491 e. The molecule has 2 saturated heterocycles. The van der Waals surface area contributed by atoms with Gasteiger partial charge in [0.15, 0.2) is 5.11 Å². The largest absolute Gasteiger partial charge is 0.491 e. The molecular formula is C28H34Cl2N6O3S. The lowest BCUT2D eigenvalue weighted by molar-refractivity contribution is -0.189. The summed E-state index contributed by atoms with van der Waals surface area (Å²) >= 11 is 17.7. The van der Waals surface area contributed by atoms with Crippen molar-refractivity contribution in [2.45, 2.75) is 18.4 Å². The van der Waals surface area contributed by atoms with E-state index in [2.05, 4.69) is 26.9 Å². The highest BCUT2D eigenvalue weighted by atomic mass is 35.5. The maximum absolute atomic E-state index is 6.57. The first-order chi connectivity index (χ1) is 19.3. The third kappa shape index (κ3) is 6.99. The van der Waals surface area contributed by atoms with Crippen LogP contribution < -0.4 is 15.4 Å². The Morgan fingerprint density at radius 1 is 1.18 bits per heavy atom. The lowest BCUT2D eigenvalue weighted by atomic mass is 10.1. The van der Waals surface area contributed by atoms with Crippen molar-refractivity contribution in [2.24, 2.45) is 5.73 Å². The van der Waals surface area contributed by atoms with Gasteiger partial charge in [-0.05, 0) is 48.6 Å². The Balaban J connectivity index is 1.14. The second-order valence-corrected chi connectivity index (χ2v) is 11.3. The van der Waals surface area contributed by atoms with Crippen LogP contribution in [-0.4, -0.2) is 90.1 Å². The van der Waals surface area contributed by atoms with Gasteiger partial charge in [-0.25, -0.2) is 4.98 Å². The van der Waals surface area contributed by atoms with Crippen molar-refractivity contribution >= 4 is 46.2 Å². The van der Waals surface area contributed by atoms with Crippen molar-refractivity contribution in [1.29, 1.82) is 0 Å². The average molecular weight is 606 g/mol. The number of nitrogens with two attached hydrogens (primary N) is 1. The Hall–Kier alpha value is -2.60. The molecule has 0 saturated carbocycles. The molecule has 2 atom stereocenters. The Kier molecular flexibility index (Phi) is 9.34. The molecular weight excluding hydrogens is 571 g/mol. The second kappa shape index (κ2) is 12.9. The van der Waals surface area contributed by atoms with E-state index in [1.165, 1.54) is 5.69 Å². The van der Waals surface area contributed by atoms with Gasteiger partial charge in [0.25, 0.3) is 0 Å². The average Bonchev–Trinajstić information content (AvgIpc) is 3.61. The SMILES string of the molecule is CN(CCN1CCN(c2ccc(OC[C@@H]3CO[C@@](Cn4ccnc4)(c4ccc(Cl)cc4Cl)O3)cc2)CC1)C(N)=S. The monoisotopic (exact) mass is 604 g/mol. The molecule has 0 aliphatic carbocycles. The molecule has 2 aliphatic heterocycles. The van der Waals surface area contributed by atoms with Crippen molar-refractivity contribution in [3.05, 3.63) is 76.8 Å². The molecule has 2 N–H and O–H groups in total. The molecule has 2 aliphatic rings. The third-order valence-electron chi connectivity index (χ3n) is 7.29. The lowest BCUT2D eigenvalue weighted by Gasteiger charge is -2.36. The van der Waals surface area contributed by atoms with Gasteiger partial charge in [-0.2, -0.15) is 0 Å². The minimum absolute atomic E-state index is 0.282. The molecule has 40 heavy (non-hydrogen) atoms. The van der Waals surface area contributed by atoms with Crippen LogP contribution in [0.5, 0.6) is 5.75 Å². The van der Waals surface area contributed by atoms with Crippen molar-refractivity contribution in [2.75, 3.05) is 64.4 Å². The van der Waals surface area contributed by atoms with Gasteiger partial charge in [0, 0.05) is 75.0 Å². The summed E-state index contributed by atoms with van der Waals surface area (Å²) in [6.45, 7) is 6.83. The summed E-state index contributed by atoms with van der Waals surface area (Å²) in [7, 11) is 1.93. The Bertz CT molecular complexity index is 1270.